The maximum atomic E-state index is 5.40. The molecular weight excluding hydrogens is 410 g/mol. The molecule has 0 bridgehead atoms. The number of methoxy groups -OCH3 is 1. The summed E-state index contributed by atoms with van der Waals surface area (Å²) in [7, 11) is 5.77. The quantitative estimate of drug-likeness (QED) is 0.453. The number of rotatable bonds is 9. The average Bonchev–Trinajstić information content (AvgIpc) is 2.84. The van der Waals surface area contributed by atoms with E-state index in [1.54, 1.807) is 7.11 Å². The van der Waals surface area contributed by atoms with E-state index in [0.29, 0.717) is 6.04 Å². The van der Waals surface area contributed by atoms with Crippen molar-refractivity contribution >= 4 is 28.7 Å². The van der Waals surface area contributed by atoms with Gasteiger partial charge < -0.3 is 20.3 Å². The van der Waals surface area contributed by atoms with Gasteiger partial charge in [0.05, 0.1) is 12.6 Å². The highest BCUT2D eigenvalue weighted by atomic mass is 16.5. The van der Waals surface area contributed by atoms with Crippen LogP contribution in [0.4, 0.5) is 11.8 Å². The molecule has 0 radical (unpaired) electrons. The molecule has 2 aromatic carbocycles. The van der Waals surface area contributed by atoms with Crippen molar-refractivity contribution in [2.24, 2.45) is 5.92 Å². The van der Waals surface area contributed by atoms with Gasteiger partial charge in [0.2, 0.25) is 5.95 Å². The first kappa shape index (κ1) is 23.1. The van der Waals surface area contributed by atoms with Crippen molar-refractivity contribution in [1.29, 1.82) is 0 Å². The fraction of sp³-hybridized carbons (Fsp3) is 0.407. The Morgan fingerprint density at radius 3 is 2.55 bits per heavy atom. The molecule has 3 aromatic rings. The van der Waals surface area contributed by atoms with Gasteiger partial charge in [0.25, 0.3) is 0 Å². The van der Waals surface area contributed by atoms with Gasteiger partial charge in [0, 0.05) is 37.6 Å². The molecule has 4 rings (SSSR count). The highest BCUT2D eigenvalue weighted by Gasteiger charge is 2.22. The molecule has 1 fully saturated rings. The topological polar surface area (TPSA) is 62.3 Å². The van der Waals surface area contributed by atoms with Gasteiger partial charge >= 0.3 is 0 Å². The number of fused-ring (bicyclic) bond motifs is 1. The number of hydrogen-bond acceptors (Lipinski definition) is 6. The van der Waals surface area contributed by atoms with Gasteiger partial charge in [-0.2, -0.15) is 4.98 Å². The lowest BCUT2D eigenvalue weighted by Gasteiger charge is -2.29. The summed E-state index contributed by atoms with van der Waals surface area (Å²) < 4.78 is 5.40. The van der Waals surface area contributed by atoms with Gasteiger partial charge in [-0.05, 0) is 56.3 Å². The van der Waals surface area contributed by atoms with Crippen LogP contribution in [0.15, 0.2) is 54.6 Å². The van der Waals surface area contributed by atoms with Crippen molar-refractivity contribution in [3.8, 4) is 5.75 Å². The van der Waals surface area contributed by atoms with Crippen LogP contribution >= 0.6 is 0 Å². The van der Waals surface area contributed by atoms with Gasteiger partial charge in [-0.1, -0.05) is 42.5 Å². The third kappa shape index (κ3) is 6.02. The third-order valence-electron chi connectivity index (χ3n) is 6.32. The Bertz CT molecular complexity index is 1070. The molecule has 33 heavy (non-hydrogen) atoms. The minimum atomic E-state index is 0.433. The Morgan fingerprint density at radius 2 is 1.76 bits per heavy atom. The summed E-state index contributed by atoms with van der Waals surface area (Å²) in [5, 5.41) is 8.28. The molecule has 1 aliphatic carbocycles. The maximum absolute atomic E-state index is 5.40. The van der Waals surface area contributed by atoms with Gasteiger partial charge in [-0.25, -0.2) is 4.98 Å². The molecule has 0 amide bonds. The van der Waals surface area contributed by atoms with E-state index in [9.17, 15) is 0 Å². The lowest BCUT2D eigenvalue weighted by atomic mass is 9.86. The van der Waals surface area contributed by atoms with E-state index in [2.05, 4.69) is 45.9 Å². The zero-order chi connectivity index (χ0) is 23.0. The number of aromatic nitrogens is 2. The third-order valence-corrected chi connectivity index (χ3v) is 6.32. The summed E-state index contributed by atoms with van der Waals surface area (Å²) in [6, 6.07) is 16.7. The predicted molar refractivity (Wildman–Crippen MR) is 138 cm³/mol. The molecule has 0 unspecified atom stereocenters. The molecule has 1 heterocycles. The minimum Gasteiger partial charge on any atom is -0.496 e. The van der Waals surface area contributed by atoms with Crippen molar-refractivity contribution in [1.82, 2.24) is 15.3 Å². The van der Waals surface area contributed by atoms with Crippen molar-refractivity contribution in [2.45, 2.75) is 31.7 Å². The molecular formula is C27H35N5O. The fourth-order valence-electron chi connectivity index (χ4n) is 4.52. The van der Waals surface area contributed by atoms with E-state index in [4.69, 9.17) is 14.7 Å². The standard InChI is InChI=1S/C27H35N5O/c1-32(2)26-23-11-5-6-12-24(23)30-27(31-26)29-22-16-14-20(15-17-22)19-28-18-8-10-21-9-4-7-13-25(21)33-3/h4-13,20,22,28H,14-19H2,1-3H3,(H,29,30,31)/b10-8+. The summed E-state index contributed by atoms with van der Waals surface area (Å²) in [6.07, 6.45) is 9.03. The van der Waals surface area contributed by atoms with Crippen LogP contribution in [0.3, 0.4) is 0 Å². The lowest BCUT2D eigenvalue weighted by Crippen LogP contribution is -2.32. The van der Waals surface area contributed by atoms with Crippen molar-refractivity contribution in [3.63, 3.8) is 0 Å². The summed E-state index contributed by atoms with van der Waals surface area (Å²) in [5.74, 6) is 3.33. The van der Waals surface area contributed by atoms with E-state index in [1.807, 2.05) is 44.4 Å². The van der Waals surface area contributed by atoms with E-state index >= 15 is 0 Å². The van der Waals surface area contributed by atoms with Gasteiger partial charge in [-0.3, -0.25) is 0 Å². The molecule has 2 N–H and O–H groups in total. The lowest BCUT2D eigenvalue weighted by molar-refractivity contribution is 0.328. The van der Waals surface area contributed by atoms with Crippen LogP contribution in [0.5, 0.6) is 5.75 Å². The molecule has 0 saturated heterocycles. The molecule has 6 nitrogen and oxygen atoms in total. The van der Waals surface area contributed by atoms with Gasteiger partial charge in [-0.15, -0.1) is 0 Å². The Labute approximate surface area is 197 Å². The predicted octanol–water partition coefficient (Wildman–Crippen LogP) is 4.98. The van der Waals surface area contributed by atoms with Gasteiger partial charge in [0.1, 0.15) is 11.6 Å². The summed E-state index contributed by atoms with van der Waals surface area (Å²) in [6.45, 7) is 1.93. The first-order valence-corrected chi connectivity index (χ1v) is 11.8. The highest BCUT2D eigenvalue weighted by Crippen LogP contribution is 2.28. The number of nitrogens with zero attached hydrogens (tertiary/aromatic N) is 3. The molecule has 1 saturated carbocycles. The molecule has 1 aliphatic rings. The number of ether oxygens (including phenoxy) is 1. The zero-order valence-corrected chi connectivity index (χ0v) is 19.9. The first-order chi connectivity index (χ1) is 16.1. The van der Waals surface area contributed by atoms with Crippen LogP contribution in [-0.2, 0) is 0 Å². The number of nitrogens with one attached hydrogen (secondary N) is 2. The largest absolute Gasteiger partial charge is 0.496 e. The fourth-order valence-corrected chi connectivity index (χ4v) is 4.52. The Morgan fingerprint density at radius 1 is 1.00 bits per heavy atom. The van der Waals surface area contributed by atoms with E-state index in [-0.39, 0.29) is 0 Å². The molecule has 174 valence electrons. The van der Waals surface area contributed by atoms with Crippen LogP contribution in [0.2, 0.25) is 0 Å². The molecule has 6 heteroatoms. The maximum Gasteiger partial charge on any atom is 0.225 e. The second kappa shape index (κ2) is 11.1. The van der Waals surface area contributed by atoms with Crippen LogP contribution in [0.1, 0.15) is 31.2 Å². The van der Waals surface area contributed by atoms with Crippen LogP contribution in [0, 0.1) is 5.92 Å². The van der Waals surface area contributed by atoms with Gasteiger partial charge in [0.15, 0.2) is 0 Å². The SMILES string of the molecule is COc1ccccc1/C=C/CNCC1CCC(Nc2nc(N(C)C)c3ccccc3n2)CC1. The second-order valence-electron chi connectivity index (χ2n) is 8.95. The highest BCUT2D eigenvalue weighted by molar-refractivity contribution is 5.90. The second-order valence-corrected chi connectivity index (χ2v) is 8.95. The van der Waals surface area contributed by atoms with E-state index in [1.165, 1.54) is 12.8 Å². The zero-order valence-electron chi connectivity index (χ0n) is 19.9. The number of benzene rings is 2. The van der Waals surface area contributed by atoms with E-state index in [0.717, 1.165) is 65.8 Å². The number of hydrogen-bond donors (Lipinski definition) is 2. The summed E-state index contributed by atoms with van der Waals surface area (Å²) >= 11 is 0. The van der Waals surface area contributed by atoms with Crippen LogP contribution in [0.25, 0.3) is 17.0 Å². The van der Waals surface area contributed by atoms with Crippen molar-refractivity contribution in [3.05, 3.63) is 60.2 Å². The summed E-state index contributed by atoms with van der Waals surface area (Å²) in [4.78, 5) is 11.6. The number of anilines is 2. The number of para-hydroxylation sites is 2. The van der Waals surface area contributed by atoms with Crippen LogP contribution < -0.4 is 20.3 Å². The smallest absolute Gasteiger partial charge is 0.225 e. The molecule has 1 aromatic heterocycles. The Kier molecular flexibility index (Phi) is 7.79. The van der Waals surface area contributed by atoms with Crippen molar-refractivity contribution in [2.75, 3.05) is 44.5 Å². The molecule has 0 atom stereocenters. The molecule has 0 aliphatic heterocycles. The van der Waals surface area contributed by atoms with Crippen LogP contribution in [-0.4, -0.2) is 50.3 Å². The molecule has 0 spiro atoms. The minimum absolute atomic E-state index is 0.433. The monoisotopic (exact) mass is 445 g/mol. The summed E-state index contributed by atoms with van der Waals surface area (Å²) in [5.41, 5.74) is 2.10. The Hall–Kier alpha value is -3.12. The Balaban J connectivity index is 1.24. The first-order valence-electron chi connectivity index (χ1n) is 11.8. The van der Waals surface area contributed by atoms with E-state index < -0.39 is 0 Å². The van der Waals surface area contributed by atoms with Crippen molar-refractivity contribution < 1.29 is 4.74 Å². The average molecular weight is 446 g/mol. The normalized spacial score (nSPS) is 18.5.